The van der Waals surface area contributed by atoms with E-state index in [1.807, 2.05) is 25.7 Å². The van der Waals surface area contributed by atoms with Crippen molar-refractivity contribution in [2.45, 2.75) is 70.6 Å². The first-order chi connectivity index (χ1) is 11.3. The van der Waals surface area contributed by atoms with Crippen molar-refractivity contribution >= 4 is 12.0 Å². The number of ether oxygens (including phenoxy) is 2. The van der Waals surface area contributed by atoms with Gasteiger partial charge in [0.15, 0.2) is 0 Å². The second-order valence-corrected chi connectivity index (χ2v) is 8.20. The van der Waals surface area contributed by atoms with Crippen LogP contribution < -0.4 is 0 Å². The molecule has 2 aliphatic heterocycles. The Labute approximate surface area is 144 Å². The summed E-state index contributed by atoms with van der Waals surface area (Å²) >= 11 is 0. The number of nitrogens with zero attached hydrogens (tertiary/aromatic N) is 2. The van der Waals surface area contributed by atoms with Crippen LogP contribution >= 0.6 is 0 Å². The molecular weight excluding hydrogens is 308 g/mol. The molecular formula is C18H30N2O4. The molecule has 0 radical (unpaired) electrons. The first-order valence-electron chi connectivity index (χ1n) is 9.25. The molecule has 136 valence electrons. The Morgan fingerprint density at radius 2 is 1.83 bits per heavy atom. The fraction of sp³-hybridized carbons (Fsp3) is 0.889. The second-order valence-electron chi connectivity index (χ2n) is 8.20. The zero-order valence-corrected chi connectivity index (χ0v) is 15.1. The molecule has 2 heterocycles. The van der Waals surface area contributed by atoms with E-state index in [4.69, 9.17) is 9.47 Å². The van der Waals surface area contributed by atoms with E-state index >= 15 is 0 Å². The lowest BCUT2D eigenvalue weighted by molar-refractivity contribution is -0.153. The molecule has 3 fully saturated rings. The Kier molecular flexibility index (Phi) is 5.04. The molecule has 0 bridgehead atoms. The Bertz CT molecular complexity index is 486. The van der Waals surface area contributed by atoms with Gasteiger partial charge in [0, 0.05) is 19.6 Å². The number of carbonyl (C=O) groups excluding carboxylic acids is 2. The van der Waals surface area contributed by atoms with Crippen LogP contribution in [0.25, 0.3) is 0 Å². The Morgan fingerprint density at radius 3 is 2.58 bits per heavy atom. The Hall–Kier alpha value is -1.30. The van der Waals surface area contributed by atoms with E-state index in [9.17, 15) is 9.59 Å². The number of amides is 2. The zero-order valence-electron chi connectivity index (χ0n) is 15.1. The maximum Gasteiger partial charge on any atom is 0.410 e. The van der Waals surface area contributed by atoms with Crippen LogP contribution in [0.2, 0.25) is 0 Å². The summed E-state index contributed by atoms with van der Waals surface area (Å²) in [6.07, 6.45) is 5.09. The molecule has 2 saturated heterocycles. The number of hydrogen-bond acceptors (Lipinski definition) is 4. The topological polar surface area (TPSA) is 59.1 Å². The third-order valence-electron chi connectivity index (χ3n) is 5.20. The van der Waals surface area contributed by atoms with Crippen molar-refractivity contribution in [1.29, 1.82) is 0 Å². The number of fused-ring (bicyclic) bond motifs is 1. The highest BCUT2D eigenvalue weighted by Crippen LogP contribution is 2.31. The smallest absolute Gasteiger partial charge is 0.410 e. The van der Waals surface area contributed by atoms with Gasteiger partial charge in [-0.2, -0.15) is 0 Å². The first-order valence-corrected chi connectivity index (χ1v) is 9.25. The SMILES string of the molecule is CC(C)(C)OC(=O)N1CC[C@H](C(=O)N2CCO[C@H]3CCCC[C@@H]32)C1. The van der Waals surface area contributed by atoms with Crippen molar-refractivity contribution in [3.63, 3.8) is 0 Å². The molecule has 6 heteroatoms. The molecule has 0 aromatic heterocycles. The predicted octanol–water partition coefficient (Wildman–Crippen LogP) is 2.41. The van der Waals surface area contributed by atoms with Crippen molar-refractivity contribution in [3.8, 4) is 0 Å². The van der Waals surface area contributed by atoms with Crippen LogP contribution in [-0.4, -0.2) is 65.8 Å². The van der Waals surface area contributed by atoms with Crippen LogP contribution in [0.3, 0.4) is 0 Å². The molecule has 0 N–H and O–H groups in total. The summed E-state index contributed by atoms with van der Waals surface area (Å²) in [7, 11) is 0. The molecule has 2 amide bonds. The van der Waals surface area contributed by atoms with Crippen molar-refractivity contribution < 1.29 is 19.1 Å². The third kappa shape index (κ3) is 3.85. The van der Waals surface area contributed by atoms with Crippen LogP contribution in [0.1, 0.15) is 52.9 Å². The van der Waals surface area contributed by atoms with E-state index in [0.29, 0.717) is 26.2 Å². The van der Waals surface area contributed by atoms with Crippen LogP contribution in [0, 0.1) is 5.92 Å². The molecule has 6 nitrogen and oxygen atoms in total. The van der Waals surface area contributed by atoms with Gasteiger partial charge in [-0.05, 0) is 40.0 Å². The fourth-order valence-electron chi connectivity index (χ4n) is 4.06. The molecule has 3 aliphatic rings. The molecule has 0 spiro atoms. The maximum atomic E-state index is 13.0. The van der Waals surface area contributed by atoms with E-state index in [0.717, 1.165) is 19.3 Å². The van der Waals surface area contributed by atoms with Gasteiger partial charge < -0.3 is 19.3 Å². The fourth-order valence-corrected chi connectivity index (χ4v) is 4.06. The Balaban J connectivity index is 1.59. The lowest BCUT2D eigenvalue weighted by Crippen LogP contribution is -2.56. The molecule has 0 aromatic rings. The second kappa shape index (κ2) is 6.90. The van der Waals surface area contributed by atoms with Gasteiger partial charge >= 0.3 is 6.09 Å². The molecule has 0 unspecified atom stereocenters. The van der Waals surface area contributed by atoms with Crippen LogP contribution in [0.5, 0.6) is 0 Å². The molecule has 0 aromatic carbocycles. The van der Waals surface area contributed by atoms with E-state index < -0.39 is 5.60 Å². The van der Waals surface area contributed by atoms with Gasteiger partial charge in [0.25, 0.3) is 0 Å². The zero-order chi connectivity index (χ0) is 17.3. The highest BCUT2D eigenvalue weighted by atomic mass is 16.6. The van der Waals surface area contributed by atoms with E-state index in [-0.39, 0.29) is 30.1 Å². The number of rotatable bonds is 1. The summed E-state index contributed by atoms with van der Waals surface area (Å²) < 4.78 is 11.3. The van der Waals surface area contributed by atoms with Gasteiger partial charge in [-0.25, -0.2) is 4.79 Å². The summed E-state index contributed by atoms with van der Waals surface area (Å²) in [6.45, 7) is 7.98. The summed E-state index contributed by atoms with van der Waals surface area (Å²) in [5.41, 5.74) is -0.501. The molecule has 3 atom stereocenters. The van der Waals surface area contributed by atoms with Gasteiger partial charge in [-0.3, -0.25) is 4.79 Å². The average molecular weight is 338 g/mol. The summed E-state index contributed by atoms with van der Waals surface area (Å²) in [6, 6.07) is 0.232. The van der Waals surface area contributed by atoms with Crippen LogP contribution in [-0.2, 0) is 14.3 Å². The normalized spacial score (nSPS) is 30.9. The number of carbonyl (C=O) groups is 2. The number of morpholine rings is 1. The monoisotopic (exact) mass is 338 g/mol. The minimum atomic E-state index is -0.501. The first kappa shape index (κ1) is 17.5. The predicted molar refractivity (Wildman–Crippen MR) is 89.6 cm³/mol. The molecule has 24 heavy (non-hydrogen) atoms. The summed E-state index contributed by atoms with van der Waals surface area (Å²) in [5, 5.41) is 0. The van der Waals surface area contributed by atoms with E-state index in [2.05, 4.69) is 0 Å². The molecule has 1 saturated carbocycles. The largest absolute Gasteiger partial charge is 0.444 e. The average Bonchev–Trinajstić information content (AvgIpc) is 3.02. The maximum absolute atomic E-state index is 13.0. The van der Waals surface area contributed by atoms with Gasteiger partial charge in [-0.15, -0.1) is 0 Å². The highest BCUT2D eigenvalue weighted by molar-refractivity contribution is 5.81. The lowest BCUT2D eigenvalue weighted by Gasteiger charge is -2.44. The van der Waals surface area contributed by atoms with Gasteiger partial charge in [0.2, 0.25) is 5.91 Å². The minimum Gasteiger partial charge on any atom is -0.444 e. The van der Waals surface area contributed by atoms with Crippen molar-refractivity contribution in [3.05, 3.63) is 0 Å². The van der Waals surface area contributed by atoms with Gasteiger partial charge in [-0.1, -0.05) is 12.8 Å². The van der Waals surface area contributed by atoms with Crippen molar-refractivity contribution in [2.75, 3.05) is 26.2 Å². The minimum absolute atomic E-state index is 0.0989. The van der Waals surface area contributed by atoms with Crippen molar-refractivity contribution in [2.24, 2.45) is 5.92 Å². The van der Waals surface area contributed by atoms with E-state index in [1.54, 1.807) is 4.90 Å². The number of likely N-dealkylation sites (tertiary alicyclic amines) is 1. The summed E-state index contributed by atoms with van der Waals surface area (Å²) in [4.78, 5) is 28.9. The van der Waals surface area contributed by atoms with Gasteiger partial charge in [0.05, 0.1) is 24.7 Å². The van der Waals surface area contributed by atoms with Gasteiger partial charge in [0.1, 0.15) is 5.60 Å². The van der Waals surface area contributed by atoms with Crippen LogP contribution in [0.4, 0.5) is 4.79 Å². The Morgan fingerprint density at radius 1 is 1.08 bits per heavy atom. The lowest BCUT2D eigenvalue weighted by atomic mass is 9.89. The standard InChI is InChI=1S/C18H30N2O4/c1-18(2,3)24-17(22)19-9-8-13(12-19)16(21)20-10-11-23-15-7-5-4-6-14(15)20/h13-15H,4-12H2,1-3H3/t13-,14-,15-/m0/s1. The highest BCUT2D eigenvalue weighted by Gasteiger charge is 2.41. The van der Waals surface area contributed by atoms with Crippen molar-refractivity contribution in [1.82, 2.24) is 9.80 Å². The quantitative estimate of drug-likeness (QED) is 0.737. The molecule has 3 rings (SSSR count). The number of hydrogen-bond donors (Lipinski definition) is 0. The third-order valence-corrected chi connectivity index (χ3v) is 5.20. The van der Waals surface area contributed by atoms with E-state index in [1.165, 1.54) is 12.8 Å². The van der Waals surface area contributed by atoms with Crippen LogP contribution in [0.15, 0.2) is 0 Å². The summed E-state index contributed by atoms with van der Waals surface area (Å²) in [5.74, 6) is 0.0967. The molecule has 1 aliphatic carbocycles.